The van der Waals surface area contributed by atoms with Crippen LogP contribution in [0, 0.1) is 0 Å². The van der Waals surface area contributed by atoms with E-state index in [2.05, 4.69) is 10.6 Å². The Balaban J connectivity index is 1.85. The predicted octanol–water partition coefficient (Wildman–Crippen LogP) is -7.32. The molecule has 3 aliphatic rings. The molecule has 0 unspecified atom stereocenters. The molecule has 0 bridgehead atoms. The van der Waals surface area contributed by atoms with Gasteiger partial charge in [0.25, 0.3) is 0 Å². The number of aliphatic hydroxyl groups excluding tert-OH is 8. The smallest absolute Gasteiger partial charge is 0.217 e. The Bertz CT molecular complexity index is 854. The maximum absolute atomic E-state index is 12.0. The first-order chi connectivity index (χ1) is 18.8. The van der Waals surface area contributed by atoms with Crippen molar-refractivity contribution in [2.75, 3.05) is 19.8 Å². The maximum atomic E-state index is 12.0. The lowest BCUT2D eigenvalue weighted by Gasteiger charge is -2.49. The third-order valence-corrected chi connectivity index (χ3v) is 6.96. The third kappa shape index (κ3) is 7.05. The summed E-state index contributed by atoms with van der Waals surface area (Å²) in [6.07, 6.45) is -20.1. The van der Waals surface area contributed by atoms with Gasteiger partial charge in [-0.25, -0.2) is 0 Å². The van der Waals surface area contributed by atoms with Crippen LogP contribution in [0.3, 0.4) is 0 Å². The molecule has 232 valence electrons. The highest BCUT2D eigenvalue weighted by molar-refractivity contribution is 5.73. The highest BCUT2D eigenvalue weighted by atomic mass is 16.7. The standard InChI is InChI=1S/C22H39N3O15/c1-6(29)24-11-14(32)18(9(4-27)36-20(11)23)39-21-12(25-7(2)30)15(33)19(10(5-28)38-21)40-22-17(35)16(34)13(31)8(3-26)37-22/h8-22,26-28,31-35H,3-5,23H2,1-2H3,(H,24,29)(H,25,30)/t8-,9-,10-,11-,12-,13-,14-,15-,16+,17+,18-,19-,20-,21+,22+/m1/s1. The van der Waals surface area contributed by atoms with Crippen LogP contribution >= 0.6 is 0 Å². The molecule has 15 atom stereocenters. The second kappa shape index (κ2) is 14.0. The van der Waals surface area contributed by atoms with Gasteiger partial charge < -0.3 is 80.9 Å². The lowest BCUT2D eigenvalue weighted by atomic mass is 9.93. The summed E-state index contributed by atoms with van der Waals surface area (Å²) in [5.74, 6) is -1.20. The minimum Gasteiger partial charge on any atom is -0.394 e. The molecule has 3 rings (SSSR count). The number of hydrogen-bond acceptors (Lipinski definition) is 16. The molecule has 0 spiro atoms. The van der Waals surface area contributed by atoms with Gasteiger partial charge >= 0.3 is 0 Å². The SMILES string of the molecule is CC(=O)N[C@@H]1[C@@H](O)[C@H](O[C@@H]2O[C@H](CO)[C@@H](O[C@@H]3O[C@H](CO)[C@@H](O)[C@H](O)[C@@H]3O)[C@H](O)[C@H]2NC(C)=O)[C@@H](CO)O[C@H]1N. The van der Waals surface area contributed by atoms with E-state index in [0.29, 0.717) is 0 Å². The summed E-state index contributed by atoms with van der Waals surface area (Å²) in [7, 11) is 0. The van der Waals surface area contributed by atoms with E-state index in [1.807, 2.05) is 0 Å². The van der Waals surface area contributed by atoms with Crippen LogP contribution in [0.15, 0.2) is 0 Å². The molecular formula is C22H39N3O15. The minimum absolute atomic E-state index is 0.543. The molecule has 12 N–H and O–H groups in total. The number of amides is 2. The largest absolute Gasteiger partial charge is 0.394 e. The molecule has 0 aromatic heterocycles. The Morgan fingerprint density at radius 1 is 0.650 bits per heavy atom. The van der Waals surface area contributed by atoms with Gasteiger partial charge in [0.1, 0.15) is 73.3 Å². The predicted molar refractivity (Wildman–Crippen MR) is 126 cm³/mol. The molecule has 0 aromatic rings. The van der Waals surface area contributed by atoms with Crippen molar-refractivity contribution in [2.24, 2.45) is 5.73 Å². The average Bonchev–Trinajstić information content (AvgIpc) is 2.90. The van der Waals surface area contributed by atoms with Crippen molar-refractivity contribution in [1.29, 1.82) is 0 Å². The number of nitrogens with two attached hydrogens (primary N) is 1. The first-order valence-electron chi connectivity index (χ1n) is 12.6. The van der Waals surface area contributed by atoms with Crippen molar-refractivity contribution in [3.8, 4) is 0 Å². The second-order valence-corrected chi connectivity index (χ2v) is 9.88. The molecule has 3 fully saturated rings. The van der Waals surface area contributed by atoms with Crippen molar-refractivity contribution in [3.63, 3.8) is 0 Å². The number of nitrogens with one attached hydrogen (secondary N) is 2. The normalized spacial score (nSPS) is 46.0. The molecule has 0 saturated carbocycles. The van der Waals surface area contributed by atoms with Crippen LogP contribution < -0.4 is 16.4 Å². The van der Waals surface area contributed by atoms with Gasteiger partial charge in [0.05, 0.1) is 25.9 Å². The zero-order valence-electron chi connectivity index (χ0n) is 21.8. The summed E-state index contributed by atoms with van der Waals surface area (Å²) >= 11 is 0. The summed E-state index contributed by atoms with van der Waals surface area (Å²) in [5, 5.41) is 86.6. The van der Waals surface area contributed by atoms with E-state index in [0.717, 1.165) is 6.92 Å². The Hall–Kier alpha value is -1.62. The van der Waals surface area contributed by atoms with Gasteiger partial charge in [-0.05, 0) is 0 Å². The molecule has 0 aliphatic carbocycles. The molecule has 3 heterocycles. The average molecular weight is 586 g/mol. The quantitative estimate of drug-likeness (QED) is 0.120. The van der Waals surface area contributed by atoms with Crippen molar-refractivity contribution >= 4 is 11.8 Å². The van der Waals surface area contributed by atoms with Crippen molar-refractivity contribution in [1.82, 2.24) is 10.6 Å². The fourth-order valence-corrected chi connectivity index (χ4v) is 4.93. The van der Waals surface area contributed by atoms with E-state index in [9.17, 15) is 50.4 Å². The fraction of sp³-hybridized carbons (Fsp3) is 0.909. The monoisotopic (exact) mass is 585 g/mol. The Morgan fingerprint density at radius 2 is 1.10 bits per heavy atom. The lowest BCUT2D eigenvalue weighted by molar-refractivity contribution is -0.357. The van der Waals surface area contributed by atoms with Crippen LogP contribution in [-0.4, -0.2) is 164 Å². The number of carbonyl (C=O) groups excluding carboxylic acids is 2. The summed E-state index contributed by atoms with van der Waals surface area (Å²) < 4.78 is 28.0. The molecule has 40 heavy (non-hydrogen) atoms. The van der Waals surface area contributed by atoms with Crippen LogP contribution in [0.2, 0.25) is 0 Å². The topological polar surface area (TPSA) is 292 Å². The molecule has 3 saturated heterocycles. The van der Waals surface area contributed by atoms with E-state index in [-0.39, 0.29) is 0 Å². The van der Waals surface area contributed by atoms with Crippen LogP contribution in [0.5, 0.6) is 0 Å². The molecule has 18 heteroatoms. The molecule has 0 radical (unpaired) electrons. The Morgan fingerprint density at radius 3 is 1.62 bits per heavy atom. The molecule has 0 aromatic carbocycles. The van der Waals surface area contributed by atoms with E-state index in [1.165, 1.54) is 6.92 Å². The van der Waals surface area contributed by atoms with Crippen molar-refractivity contribution in [2.45, 2.75) is 106 Å². The number of rotatable bonds is 9. The number of aliphatic hydroxyl groups is 8. The van der Waals surface area contributed by atoms with Gasteiger partial charge in [0.2, 0.25) is 11.8 Å². The van der Waals surface area contributed by atoms with Crippen LogP contribution in [-0.2, 0) is 33.3 Å². The second-order valence-electron chi connectivity index (χ2n) is 9.88. The molecule has 2 amide bonds. The first-order valence-corrected chi connectivity index (χ1v) is 12.6. The third-order valence-electron chi connectivity index (χ3n) is 6.96. The van der Waals surface area contributed by atoms with Crippen molar-refractivity contribution < 1.29 is 74.1 Å². The minimum atomic E-state index is -1.84. The Labute approximate surface area is 228 Å². The first kappa shape index (κ1) is 32.9. The highest BCUT2D eigenvalue weighted by Gasteiger charge is 2.53. The van der Waals surface area contributed by atoms with Gasteiger partial charge in [-0.3, -0.25) is 9.59 Å². The zero-order valence-corrected chi connectivity index (χ0v) is 21.8. The molecular weight excluding hydrogens is 546 g/mol. The van der Waals surface area contributed by atoms with E-state index >= 15 is 0 Å². The summed E-state index contributed by atoms with van der Waals surface area (Å²) in [4.78, 5) is 23.6. The van der Waals surface area contributed by atoms with Gasteiger partial charge in [-0.2, -0.15) is 0 Å². The number of hydrogen-bond donors (Lipinski definition) is 11. The van der Waals surface area contributed by atoms with Gasteiger partial charge in [-0.15, -0.1) is 0 Å². The highest BCUT2D eigenvalue weighted by Crippen LogP contribution is 2.32. The summed E-state index contributed by atoms with van der Waals surface area (Å²) in [6.45, 7) is 0.0643. The van der Waals surface area contributed by atoms with Gasteiger partial charge in [-0.1, -0.05) is 0 Å². The summed E-state index contributed by atoms with van der Waals surface area (Å²) in [6, 6.07) is -2.62. The van der Waals surface area contributed by atoms with E-state index in [4.69, 9.17) is 29.4 Å². The van der Waals surface area contributed by atoms with Crippen LogP contribution in [0.1, 0.15) is 13.8 Å². The van der Waals surface area contributed by atoms with Gasteiger partial charge in [0.15, 0.2) is 12.6 Å². The van der Waals surface area contributed by atoms with Crippen LogP contribution in [0.25, 0.3) is 0 Å². The van der Waals surface area contributed by atoms with E-state index < -0.39 is 124 Å². The Kier molecular flexibility index (Phi) is 11.5. The molecule has 18 nitrogen and oxygen atoms in total. The maximum Gasteiger partial charge on any atom is 0.217 e. The van der Waals surface area contributed by atoms with Gasteiger partial charge in [0, 0.05) is 13.8 Å². The number of ether oxygens (including phenoxy) is 5. The molecule has 3 aliphatic heterocycles. The summed E-state index contributed by atoms with van der Waals surface area (Å²) in [5.41, 5.74) is 5.87. The van der Waals surface area contributed by atoms with E-state index in [1.54, 1.807) is 0 Å². The lowest BCUT2D eigenvalue weighted by Crippen LogP contribution is -2.71. The van der Waals surface area contributed by atoms with Crippen molar-refractivity contribution in [3.05, 3.63) is 0 Å². The zero-order chi connectivity index (χ0) is 29.9. The number of carbonyl (C=O) groups is 2. The fourth-order valence-electron chi connectivity index (χ4n) is 4.93. The van der Waals surface area contributed by atoms with Crippen LogP contribution in [0.4, 0.5) is 0 Å².